The van der Waals surface area contributed by atoms with Gasteiger partial charge >= 0.3 is 0 Å². The molecule has 206 valence electrons. The molecule has 3 aromatic rings. The van der Waals surface area contributed by atoms with Gasteiger partial charge in [-0.25, -0.2) is 4.98 Å². The molecule has 1 fully saturated rings. The summed E-state index contributed by atoms with van der Waals surface area (Å²) in [4.78, 5) is 38.1. The summed E-state index contributed by atoms with van der Waals surface area (Å²) in [6.45, 7) is 7.29. The Hall–Kier alpha value is -3.45. The van der Waals surface area contributed by atoms with Crippen LogP contribution in [-0.4, -0.2) is 56.3 Å². The van der Waals surface area contributed by atoms with E-state index in [9.17, 15) is 9.59 Å². The normalized spacial score (nSPS) is 20.4. The van der Waals surface area contributed by atoms with Gasteiger partial charge in [0.1, 0.15) is 0 Å². The smallest absolute Gasteiger partial charge is 0.229 e. The lowest BCUT2D eigenvalue weighted by Crippen LogP contribution is -2.52. The minimum atomic E-state index is -0.101. The Kier molecular flexibility index (Phi) is 8.77. The number of carbonyl (C=O) groups is 2. The number of benzene rings is 2. The first-order valence-electron chi connectivity index (χ1n) is 14.4. The fourth-order valence-corrected chi connectivity index (χ4v) is 6.14. The summed E-state index contributed by atoms with van der Waals surface area (Å²) in [6.07, 6.45) is 10.1. The van der Waals surface area contributed by atoms with Crippen molar-refractivity contribution < 1.29 is 9.59 Å². The van der Waals surface area contributed by atoms with E-state index in [0.29, 0.717) is 38.6 Å². The molecule has 2 atom stereocenters. The molecule has 0 radical (unpaired) electrons. The van der Waals surface area contributed by atoms with Gasteiger partial charge in [-0.3, -0.25) is 14.5 Å². The molecule has 2 bridgehead atoms. The van der Waals surface area contributed by atoms with E-state index in [-0.39, 0.29) is 23.8 Å². The number of fused-ring (bicyclic) bond motifs is 3. The summed E-state index contributed by atoms with van der Waals surface area (Å²) >= 11 is 0. The van der Waals surface area contributed by atoms with E-state index in [1.54, 1.807) is 12.5 Å². The van der Waals surface area contributed by atoms with E-state index in [2.05, 4.69) is 52.3 Å². The summed E-state index contributed by atoms with van der Waals surface area (Å²) in [6, 6.07) is 19.4. The number of piperidine rings is 1. The summed E-state index contributed by atoms with van der Waals surface area (Å²) in [5.41, 5.74) is 3.27. The Balaban J connectivity index is 1.50. The lowest BCUT2D eigenvalue weighted by molar-refractivity contribution is -0.133. The molecule has 2 aliphatic heterocycles. The number of amides is 2. The van der Waals surface area contributed by atoms with Crippen molar-refractivity contribution >= 4 is 17.5 Å². The van der Waals surface area contributed by atoms with Gasteiger partial charge in [-0.1, -0.05) is 68.8 Å². The fraction of sp³-hybridized carbons (Fsp3) is 0.469. The van der Waals surface area contributed by atoms with Crippen LogP contribution in [0.15, 0.2) is 73.3 Å². The van der Waals surface area contributed by atoms with Crippen molar-refractivity contribution in [1.29, 1.82) is 0 Å². The number of para-hydroxylation sites is 1. The Bertz CT molecular complexity index is 1230. The van der Waals surface area contributed by atoms with E-state index in [1.165, 1.54) is 5.56 Å². The van der Waals surface area contributed by atoms with Crippen molar-refractivity contribution in [3.8, 4) is 0 Å². The van der Waals surface area contributed by atoms with Crippen LogP contribution in [0.3, 0.4) is 0 Å². The summed E-state index contributed by atoms with van der Waals surface area (Å²) in [7, 11) is 0. The van der Waals surface area contributed by atoms with Crippen LogP contribution in [0, 0.1) is 5.92 Å². The highest BCUT2D eigenvalue weighted by molar-refractivity contribution is 5.95. The van der Waals surface area contributed by atoms with Crippen LogP contribution in [0.5, 0.6) is 0 Å². The molecule has 7 nitrogen and oxygen atoms in total. The van der Waals surface area contributed by atoms with Gasteiger partial charge in [-0.15, -0.1) is 0 Å². The van der Waals surface area contributed by atoms with E-state index in [0.717, 1.165) is 43.5 Å². The number of hydrogen-bond acceptors (Lipinski definition) is 4. The maximum atomic E-state index is 13.8. The first-order valence-corrected chi connectivity index (χ1v) is 14.4. The van der Waals surface area contributed by atoms with Crippen molar-refractivity contribution in [1.82, 2.24) is 19.4 Å². The molecule has 5 rings (SSSR count). The van der Waals surface area contributed by atoms with Gasteiger partial charge in [0.2, 0.25) is 11.8 Å². The van der Waals surface area contributed by atoms with Gasteiger partial charge in [-0.2, -0.15) is 0 Å². The van der Waals surface area contributed by atoms with Crippen LogP contribution in [-0.2, 0) is 29.2 Å². The second-order valence-electron chi connectivity index (χ2n) is 11.3. The predicted molar refractivity (Wildman–Crippen MR) is 154 cm³/mol. The van der Waals surface area contributed by atoms with E-state index in [1.807, 2.05) is 46.5 Å². The number of aryl methyl sites for hydroxylation is 1. The van der Waals surface area contributed by atoms with Gasteiger partial charge in [0.05, 0.1) is 6.33 Å². The van der Waals surface area contributed by atoms with Gasteiger partial charge in [0.25, 0.3) is 0 Å². The molecule has 1 saturated heterocycles. The lowest BCUT2D eigenvalue weighted by Gasteiger charge is -2.44. The molecule has 2 aromatic carbocycles. The van der Waals surface area contributed by atoms with E-state index < -0.39 is 0 Å². The molecule has 2 aliphatic rings. The van der Waals surface area contributed by atoms with Crippen LogP contribution < -0.4 is 4.90 Å². The van der Waals surface area contributed by atoms with Crippen molar-refractivity contribution in [3.63, 3.8) is 0 Å². The molecule has 2 amide bonds. The van der Waals surface area contributed by atoms with Gasteiger partial charge in [0.15, 0.2) is 0 Å². The number of rotatable bonds is 6. The van der Waals surface area contributed by atoms with E-state index in [4.69, 9.17) is 0 Å². The highest BCUT2D eigenvalue weighted by Gasteiger charge is 2.35. The number of anilines is 1. The summed E-state index contributed by atoms with van der Waals surface area (Å²) in [5.74, 6) is 0.179. The summed E-state index contributed by atoms with van der Waals surface area (Å²) in [5, 5.41) is 0. The number of carbonyl (C=O) groups excluding carboxylic acids is 2. The van der Waals surface area contributed by atoms with Crippen LogP contribution >= 0.6 is 0 Å². The highest BCUT2D eigenvalue weighted by atomic mass is 16.2. The van der Waals surface area contributed by atoms with Crippen LogP contribution in [0.2, 0.25) is 0 Å². The summed E-state index contributed by atoms with van der Waals surface area (Å²) < 4.78 is 1.96. The number of hydrogen-bond donors (Lipinski definition) is 0. The number of imidazole rings is 1. The Morgan fingerprint density at radius 1 is 0.974 bits per heavy atom. The Labute approximate surface area is 232 Å². The first-order chi connectivity index (χ1) is 19.0. The third-order valence-electron chi connectivity index (χ3n) is 8.24. The van der Waals surface area contributed by atoms with Crippen LogP contribution in [0.25, 0.3) is 0 Å². The van der Waals surface area contributed by atoms with Crippen molar-refractivity contribution in [2.24, 2.45) is 5.92 Å². The standard InChI is InChI=1S/C32H41N5O2/c1-25(2)32(39)36-19-15-28-12-8-13-29(37(28)21-26-9-4-3-5-10-26)23-35(22-27-11-6-7-14-30(27)36)31(38)16-18-34-20-17-33-24-34/h3-7,9-11,14,17,20,24-25,28-29H,8,12-13,15-16,18-19,21-23H2,1-2H3. The number of nitrogens with zero attached hydrogens (tertiary/aromatic N) is 5. The fourth-order valence-electron chi connectivity index (χ4n) is 6.14. The second-order valence-corrected chi connectivity index (χ2v) is 11.3. The quantitative estimate of drug-likeness (QED) is 0.447. The minimum Gasteiger partial charge on any atom is -0.337 e. The monoisotopic (exact) mass is 527 g/mol. The molecule has 1 aromatic heterocycles. The van der Waals surface area contributed by atoms with E-state index >= 15 is 0 Å². The Morgan fingerprint density at radius 2 is 1.74 bits per heavy atom. The van der Waals surface area contributed by atoms with Crippen LogP contribution in [0.1, 0.15) is 57.1 Å². The molecule has 2 unspecified atom stereocenters. The molecule has 0 saturated carbocycles. The average molecular weight is 528 g/mol. The third kappa shape index (κ3) is 6.59. The highest BCUT2D eigenvalue weighted by Crippen LogP contribution is 2.32. The van der Waals surface area contributed by atoms with Gasteiger partial charge in [-0.05, 0) is 36.5 Å². The zero-order valence-electron chi connectivity index (χ0n) is 23.3. The van der Waals surface area contributed by atoms with Gasteiger partial charge in [0, 0.05) is 75.2 Å². The SMILES string of the molecule is CC(C)C(=O)N1CCC2CCCC(CN(C(=O)CCn3ccnc3)Cc3ccccc31)N2Cc1ccccc1. The maximum Gasteiger partial charge on any atom is 0.229 e. The molecule has 39 heavy (non-hydrogen) atoms. The zero-order valence-corrected chi connectivity index (χ0v) is 23.3. The Morgan fingerprint density at radius 3 is 2.51 bits per heavy atom. The molecule has 3 heterocycles. The topological polar surface area (TPSA) is 61.7 Å². The maximum absolute atomic E-state index is 13.8. The second kappa shape index (κ2) is 12.6. The largest absolute Gasteiger partial charge is 0.337 e. The molecule has 0 aliphatic carbocycles. The number of aromatic nitrogens is 2. The molecule has 0 N–H and O–H groups in total. The van der Waals surface area contributed by atoms with Crippen molar-refractivity contribution in [2.45, 2.75) is 77.7 Å². The molecule has 7 heteroatoms. The first kappa shape index (κ1) is 27.1. The van der Waals surface area contributed by atoms with Crippen LogP contribution in [0.4, 0.5) is 5.69 Å². The minimum absolute atomic E-state index is 0.101. The third-order valence-corrected chi connectivity index (χ3v) is 8.24. The molecule has 0 spiro atoms. The molecular weight excluding hydrogens is 486 g/mol. The predicted octanol–water partition coefficient (Wildman–Crippen LogP) is 5.12. The zero-order chi connectivity index (χ0) is 27.2. The van der Waals surface area contributed by atoms with Crippen molar-refractivity contribution in [2.75, 3.05) is 18.0 Å². The average Bonchev–Trinajstić information content (AvgIpc) is 3.47. The van der Waals surface area contributed by atoms with Crippen molar-refractivity contribution in [3.05, 3.63) is 84.4 Å². The van der Waals surface area contributed by atoms with Gasteiger partial charge < -0.3 is 14.4 Å². The lowest BCUT2D eigenvalue weighted by atomic mass is 9.92. The molecular formula is C32H41N5O2.